The summed E-state index contributed by atoms with van der Waals surface area (Å²) in [5.74, 6) is 0. The molecule has 7 nitrogen and oxygen atoms in total. The Morgan fingerprint density at radius 1 is 0.800 bits per heavy atom. The first-order valence-corrected chi connectivity index (χ1v) is 10.2. The quantitative estimate of drug-likeness (QED) is 0.363. The molecule has 0 amide bonds. The van der Waals surface area contributed by atoms with Gasteiger partial charge in [-0.2, -0.15) is 0 Å². The van der Waals surface area contributed by atoms with Crippen LogP contribution in [0.1, 0.15) is 27.7 Å². The van der Waals surface area contributed by atoms with Crippen molar-refractivity contribution in [1.82, 2.24) is 0 Å². The molecule has 0 bridgehead atoms. The minimum atomic E-state index is -3.46. The predicted molar refractivity (Wildman–Crippen MR) is 69.3 cm³/mol. The SMILES string of the molecule is CCOP(=O)(CC)O[P+](=O)OP(=O)(CC)OCC.[Zn].[Zn]. The molecule has 2 atom stereocenters. The van der Waals surface area contributed by atoms with E-state index < -0.39 is 23.4 Å². The Balaban J connectivity index is -0.00000144. The zero-order valence-electron chi connectivity index (χ0n) is 12.4. The van der Waals surface area contributed by atoms with E-state index >= 15 is 0 Å². The smallest absolute Gasteiger partial charge is 0.306 e. The second-order valence-electron chi connectivity index (χ2n) is 3.08. The Morgan fingerprint density at radius 2 is 1.10 bits per heavy atom. The molecule has 0 saturated heterocycles. The van der Waals surface area contributed by atoms with Crippen LogP contribution in [-0.2, 0) is 70.3 Å². The fraction of sp³-hybridized carbons (Fsp3) is 1.00. The van der Waals surface area contributed by atoms with Gasteiger partial charge in [0.15, 0.2) is 0 Å². The van der Waals surface area contributed by atoms with E-state index in [2.05, 4.69) is 0 Å². The molecular weight excluding hydrogens is 432 g/mol. The molecule has 0 aliphatic carbocycles. The van der Waals surface area contributed by atoms with Crippen LogP contribution in [0.25, 0.3) is 0 Å². The van der Waals surface area contributed by atoms with Crippen LogP contribution in [0.3, 0.4) is 0 Å². The Morgan fingerprint density at radius 3 is 1.30 bits per heavy atom. The number of hydrogen-bond acceptors (Lipinski definition) is 7. The average molecular weight is 452 g/mol. The van der Waals surface area contributed by atoms with Gasteiger partial charge in [-0.15, -0.1) is 0 Å². The molecule has 0 aliphatic rings. The summed E-state index contributed by atoms with van der Waals surface area (Å²) in [6.07, 6.45) is 0.104. The fourth-order valence-electron chi connectivity index (χ4n) is 0.957. The normalized spacial score (nSPS) is 17.1. The summed E-state index contributed by atoms with van der Waals surface area (Å²) >= 11 is 0. The third-order valence-electron chi connectivity index (χ3n) is 1.81. The Labute approximate surface area is 146 Å². The van der Waals surface area contributed by atoms with Crippen LogP contribution in [0, 0.1) is 0 Å². The second kappa shape index (κ2) is 13.1. The molecule has 0 spiro atoms. The molecule has 0 saturated carbocycles. The van der Waals surface area contributed by atoms with E-state index in [9.17, 15) is 13.7 Å². The van der Waals surface area contributed by atoms with Crippen LogP contribution >= 0.6 is 23.4 Å². The van der Waals surface area contributed by atoms with Crippen molar-refractivity contribution in [2.75, 3.05) is 25.5 Å². The third-order valence-corrected chi connectivity index (χ3v) is 7.72. The van der Waals surface area contributed by atoms with Gasteiger partial charge < -0.3 is 9.05 Å². The van der Waals surface area contributed by atoms with Crippen LogP contribution in [-0.4, -0.2) is 25.5 Å². The van der Waals surface area contributed by atoms with E-state index in [4.69, 9.17) is 17.7 Å². The minimum absolute atomic E-state index is 0. The average Bonchev–Trinajstić information content (AvgIpc) is 2.29. The molecule has 0 aromatic carbocycles. The van der Waals surface area contributed by atoms with Crippen LogP contribution < -0.4 is 0 Å². The van der Waals surface area contributed by atoms with E-state index in [1.807, 2.05) is 0 Å². The Bertz CT molecular complexity index is 334. The van der Waals surface area contributed by atoms with Crippen molar-refractivity contribution >= 4 is 23.4 Å². The maximum Gasteiger partial charge on any atom is 0.715 e. The van der Waals surface area contributed by atoms with E-state index in [0.717, 1.165) is 0 Å². The van der Waals surface area contributed by atoms with Crippen molar-refractivity contribution in [3.8, 4) is 0 Å². The first-order valence-electron chi connectivity index (χ1n) is 5.68. The van der Waals surface area contributed by atoms with E-state index in [-0.39, 0.29) is 64.5 Å². The molecule has 0 aromatic heterocycles. The molecule has 0 aliphatic heterocycles. The summed E-state index contributed by atoms with van der Waals surface area (Å²) in [5.41, 5.74) is 0. The van der Waals surface area contributed by atoms with Gasteiger partial charge in [-0.3, -0.25) is 9.13 Å². The summed E-state index contributed by atoms with van der Waals surface area (Å²) < 4.78 is 54.6. The summed E-state index contributed by atoms with van der Waals surface area (Å²) in [4.78, 5) is 0. The third kappa shape index (κ3) is 10.4. The van der Waals surface area contributed by atoms with Crippen molar-refractivity contribution in [2.45, 2.75) is 27.7 Å². The first kappa shape index (κ1) is 26.5. The molecule has 2 unspecified atom stereocenters. The van der Waals surface area contributed by atoms with E-state index in [1.54, 1.807) is 27.7 Å². The van der Waals surface area contributed by atoms with Gasteiger partial charge in [-0.25, -0.2) is 0 Å². The molecule has 0 aromatic rings. The van der Waals surface area contributed by atoms with Gasteiger partial charge in [0.25, 0.3) is 0 Å². The van der Waals surface area contributed by atoms with Gasteiger partial charge in [-0.1, -0.05) is 13.8 Å². The molecule has 0 fully saturated rings. The van der Waals surface area contributed by atoms with Gasteiger partial charge in [-0.05, 0) is 22.5 Å². The molecule has 0 N–H and O–H groups in total. The molecule has 20 heavy (non-hydrogen) atoms. The minimum Gasteiger partial charge on any atom is -0.306 e. The van der Waals surface area contributed by atoms with Gasteiger partial charge in [0.05, 0.1) is 25.5 Å². The Hall–Kier alpha value is 1.65. The second-order valence-corrected chi connectivity index (χ2v) is 9.06. The largest absolute Gasteiger partial charge is 0.715 e. The molecule has 0 radical (unpaired) electrons. The molecule has 0 heterocycles. The number of rotatable bonds is 10. The van der Waals surface area contributed by atoms with Crippen LogP contribution in [0.2, 0.25) is 0 Å². The van der Waals surface area contributed by atoms with Gasteiger partial charge in [0.1, 0.15) is 0 Å². The maximum atomic E-state index is 11.9. The fourth-order valence-corrected chi connectivity index (χ4v) is 5.42. The van der Waals surface area contributed by atoms with Crippen molar-refractivity contribution in [3.63, 3.8) is 0 Å². The monoisotopic (exact) mass is 449 g/mol. The zero-order chi connectivity index (χ0) is 14.2. The zero-order valence-corrected chi connectivity index (χ0v) is 21.1. The summed E-state index contributed by atoms with van der Waals surface area (Å²) in [6, 6.07) is 0. The molecule has 0 rings (SSSR count). The van der Waals surface area contributed by atoms with E-state index in [0.29, 0.717) is 0 Å². The summed E-state index contributed by atoms with van der Waals surface area (Å²) in [7, 11) is -9.73. The summed E-state index contributed by atoms with van der Waals surface area (Å²) in [6.45, 7) is 6.73. The maximum absolute atomic E-state index is 11.9. The summed E-state index contributed by atoms with van der Waals surface area (Å²) in [5, 5.41) is 0. The van der Waals surface area contributed by atoms with Crippen LogP contribution in [0.5, 0.6) is 0 Å². The first-order chi connectivity index (χ1) is 8.34. The van der Waals surface area contributed by atoms with Crippen LogP contribution in [0.4, 0.5) is 0 Å². The standard InChI is InChI=1S/C8H20O7P3.2Zn/c1-5-12-17(10,7-3)14-16(9)15-18(11,8-4)13-6-2;;/h5-8H2,1-4H3;;/q+1;;. The Kier molecular flexibility index (Phi) is 17.4. The molecular formula is C8H20O7P3Zn2+. The molecule has 12 heteroatoms. The molecule has 112 valence electrons. The van der Waals surface area contributed by atoms with Gasteiger partial charge >= 0.3 is 23.4 Å². The van der Waals surface area contributed by atoms with Crippen molar-refractivity contribution < 1.29 is 70.3 Å². The predicted octanol–water partition coefficient (Wildman–Crippen LogP) is 4.17. The number of hydrogen-bond donors (Lipinski definition) is 0. The van der Waals surface area contributed by atoms with E-state index in [1.165, 1.54) is 0 Å². The van der Waals surface area contributed by atoms with Crippen molar-refractivity contribution in [2.24, 2.45) is 0 Å². The van der Waals surface area contributed by atoms with Crippen LogP contribution in [0.15, 0.2) is 0 Å². The van der Waals surface area contributed by atoms with Gasteiger partial charge in [0, 0.05) is 43.5 Å². The topological polar surface area (TPSA) is 88.1 Å². The van der Waals surface area contributed by atoms with Gasteiger partial charge in [0.2, 0.25) is 0 Å². The van der Waals surface area contributed by atoms with Crippen molar-refractivity contribution in [3.05, 3.63) is 0 Å². The van der Waals surface area contributed by atoms with Crippen molar-refractivity contribution in [1.29, 1.82) is 0 Å².